The molecule has 0 fully saturated rings. The second-order valence-electron chi connectivity index (χ2n) is 6.51. The summed E-state index contributed by atoms with van der Waals surface area (Å²) < 4.78 is 0. The molecule has 0 atom stereocenters. The first kappa shape index (κ1) is 18.6. The van der Waals surface area contributed by atoms with Gasteiger partial charge in [-0.3, -0.25) is 4.79 Å². The molecule has 0 bridgehead atoms. The number of anilines is 1. The Hall–Kier alpha value is -3.75. The first-order valence-electron chi connectivity index (χ1n) is 9.07. The molecule has 4 aromatic rings. The lowest BCUT2D eigenvalue weighted by Gasteiger charge is -2.04. The fraction of sp³-hybridized carbons (Fsp3) is 0.0417. The van der Waals surface area contributed by atoms with Gasteiger partial charge in [0.2, 0.25) is 0 Å². The van der Waals surface area contributed by atoms with E-state index in [4.69, 9.17) is 4.98 Å². The van der Waals surface area contributed by atoms with Crippen molar-refractivity contribution in [3.63, 3.8) is 0 Å². The standard InChI is InChI=1S/C24H17N3OS/c1-16(28)17-9-11-20(12-10-17)26-14-19(13-25)24-27-23(15-29-24)22-8-4-6-18-5-2-3-7-21(18)22/h2-12,14-15,26H,1H3. The number of benzene rings is 3. The highest BCUT2D eigenvalue weighted by Crippen LogP contribution is 2.31. The Morgan fingerprint density at radius 1 is 1.07 bits per heavy atom. The normalized spacial score (nSPS) is 11.2. The lowest BCUT2D eigenvalue weighted by molar-refractivity contribution is 0.101. The van der Waals surface area contributed by atoms with E-state index in [1.807, 2.05) is 41.8 Å². The molecule has 1 N–H and O–H groups in total. The highest BCUT2D eigenvalue weighted by Gasteiger charge is 2.11. The molecule has 0 spiro atoms. The zero-order valence-corrected chi connectivity index (χ0v) is 16.5. The molecule has 4 nitrogen and oxygen atoms in total. The second kappa shape index (κ2) is 8.09. The van der Waals surface area contributed by atoms with Crippen molar-refractivity contribution in [1.82, 2.24) is 4.98 Å². The highest BCUT2D eigenvalue weighted by atomic mass is 32.1. The van der Waals surface area contributed by atoms with Gasteiger partial charge in [0.15, 0.2) is 5.78 Å². The Morgan fingerprint density at radius 2 is 1.83 bits per heavy atom. The van der Waals surface area contributed by atoms with Crippen LogP contribution in [-0.2, 0) is 0 Å². The van der Waals surface area contributed by atoms with Crippen molar-refractivity contribution in [2.75, 3.05) is 5.32 Å². The summed E-state index contributed by atoms with van der Waals surface area (Å²) in [5, 5.41) is 17.6. The van der Waals surface area contributed by atoms with E-state index >= 15 is 0 Å². The minimum absolute atomic E-state index is 0.0218. The molecule has 0 radical (unpaired) electrons. The zero-order valence-electron chi connectivity index (χ0n) is 15.7. The Bertz CT molecular complexity index is 1260. The number of carbonyl (C=O) groups excluding carboxylic acids is 1. The topological polar surface area (TPSA) is 65.8 Å². The Kier molecular flexibility index (Phi) is 5.19. The van der Waals surface area contributed by atoms with Gasteiger partial charge in [-0.15, -0.1) is 11.3 Å². The molecule has 0 aliphatic carbocycles. The second-order valence-corrected chi connectivity index (χ2v) is 7.37. The van der Waals surface area contributed by atoms with Gasteiger partial charge in [0.25, 0.3) is 0 Å². The van der Waals surface area contributed by atoms with Crippen LogP contribution < -0.4 is 5.32 Å². The van der Waals surface area contributed by atoms with Crippen molar-refractivity contribution in [3.8, 4) is 17.3 Å². The van der Waals surface area contributed by atoms with Gasteiger partial charge < -0.3 is 5.32 Å². The van der Waals surface area contributed by atoms with Crippen LogP contribution in [0.4, 0.5) is 5.69 Å². The SMILES string of the molecule is CC(=O)c1ccc(NC=C(C#N)c2nc(-c3cccc4ccccc34)cs2)cc1. The molecule has 4 rings (SSSR count). The molecule has 140 valence electrons. The minimum Gasteiger partial charge on any atom is -0.360 e. The molecule has 5 heteroatoms. The monoisotopic (exact) mass is 395 g/mol. The summed E-state index contributed by atoms with van der Waals surface area (Å²) >= 11 is 1.44. The van der Waals surface area contributed by atoms with Crippen LogP contribution in [0.25, 0.3) is 27.6 Å². The number of nitrogens with one attached hydrogen (secondary N) is 1. The maximum absolute atomic E-state index is 11.4. The van der Waals surface area contributed by atoms with Crippen molar-refractivity contribution in [3.05, 3.63) is 88.9 Å². The van der Waals surface area contributed by atoms with Crippen LogP contribution in [-0.4, -0.2) is 10.8 Å². The summed E-state index contributed by atoms with van der Waals surface area (Å²) in [6.07, 6.45) is 1.65. The third kappa shape index (κ3) is 3.93. The first-order chi connectivity index (χ1) is 14.2. The maximum atomic E-state index is 11.4. The fourth-order valence-electron chi connectivity index (χ4n) is 3.07. The number of fused-ring (bicyclic) bond motifs is 1. The summed E-state index contributed by atoms with van der Waals surface area (Å²) in [6.45, 7) is 1.53. The van der Waals surface area contributed by atoms with E-state index in [1.54, 1.807) is 18.3 Å². The van der Waals surface area contributed by atoms with Crippen LogP contribution >= 0.6 is 11.3 Å². The van der Waals surface area contributed by atoms with Crippen molar-refractivity contribution in [2.45, 2.75) is 6.92 Å². The number of carbonyl (C=O) groups is 1. The minimum atomic E-state index is 0.0218. The largest absolute Gasteiger partial charge is 0.360 e. The van der Waals surface area contributed by atoms with Crippen LogP contribution in [0.3, 0.4) is 0 Å². The average Bonchev–Trinajstić information content (AvgIpc) is 3.24. The number of nitriles is 1. The first-order valence-corrected chi connectivity index (χ1v) is 9.95. The van der Waals surface area contributed by atoms with Crippen molar-refractivity contribution < 1.29 is 4.79 Å². The Balaban J connectivity index is 1.61. The van der Waals surface area contributed by atoms with E-state index in [-0.39, 0.29) is 5.78 Å². The van der Waals surface area contributed by atoms with Gasteiger partial charge in [0.05, 0.1) is 5.69 Å². The highest BCUT2D eigenvalue weighted by molar-refractivity contribution is 7.11. The van der Waals surface area contributed by atoms with E-state index in [2.05, 4.69) is 29.6 Å². The number of hydrogen-bond donors (Lipinski definition) is 1. The number of thiazole rings is 1. The molecule has 0 aliphatic rings. The molecule has 0 aliphatic heterocycles. The number of aromatic nitrogens is 1. The zero-order chi connectivity index (χ0) is 20.2. The molecule has 29 heavy (non-hydrogen) atoms. The van der Waals surface area contributed by atoms with Crippen LogP contribution in [0.2, 0.25) is 0 Å². The third-order valence-electron chi connectivity index (χ3n) is 4.60. The summed E-state index contributed by atoms with van der Waals surface area (Å²) in [5.41, 5.74) is 3.81. The smallest absolute Gasteiger partial charge is 0.159 e. The molecule has 1 aromatic heterocycles. The Labute approximate surface area is 172 Å². The summed E-state index contributed by atoms with van der Waals surface area (Å²) in [7, 11) is 0. The lowest BCUT2D eigenvalue weighted by Crippen LogP contribution is -1.94. The molecule has 0 saturated heterocycles. The van der Waals surface area contributed by atoms with Crippen molar-refractivity contribution in [2.24, 2.45) is 0 Å². The van der Waals surface area contributed by atoms with Gasteiger partial charge in [0, 0.05) is 28.4 Å². The van der Waals surface area contributed by atoms with Crippen molar-refractivity contribution in [1.29, 1.82) is 5.26 Å². The van der Waals surface area contributed by atoms with Gasteiger partial charge in [-0.05, 0) is 42.0 Å². The van der Waals surface area contributed by atoms with Crippen LogP contribution in [0.5, 0.6) is 0 Å². The number of hydrogen-bond acceptors (Lipinski definition) is 5. The number of nitrogens with zero attached hydrogens (tertiary/aromatic N) is 2. The number of rotatable bonds is 5. The van der Waals surface area contributed by atoms with Crippen LogP contribution in [0.15, 0.2) is 78.3 Å². The van der Waals surface area contributed by atoms with Gasteiger partial charge >= 0.3 is 0 Å². The van der Waals surface area contributed by atoms with Gasteiger partial charge in [-0.1, -0.05) is 42.5 Å². The van der Waals surface area contributed by atoms with E-state index in [0.717, 1.165) is 27.7 Å². The van der Waals surface area contributed by atoms with E-state index in [9.17, 15) is 10.1 Å². The van der Waals surface area contributed by atoms with E-state index in [1.165, 1.54) is 18.3 Å². The van der Waals surface area contributed by atoms with E-state index < -0.39 is 0 Å². The van der Waals surface area contributed by atoms with Crippen LogP contribution in [0.1, 0.15) is 22.3 Å². The molecule has 0 saturated carbocycles. The lowest BCUT2D eigenvalue weighted by atomic mass is 10.0. The maximum Gasteiger partial charge on any atom is 0.159 e. The molecule has 1 heterocycles. The van der Waals surface area contributed by atoms with Crippen molar-refractivity contribution >= 4 is 39.2 Å². The van der Waals surface area contributed by atoms with Crippen LogP contribution in [0, 0.1) is 11.3 Å². The number of ketones is 1. The summed E-state index contributed by atoms with van der Waals surface area (Å²) in [5.74, 6) is 0.0218. The predicted octanol–water partition coefficient (Wildman–Crippen LogP) is 6.14. The fourth-order valence-corrected chi connectivity index (χ4v) is 3.85. The summed E-state index contributed by atoms with van der Waals surface area (Å²) in [6, 6.07) is 23.7. The number of Topliss-reactive ketones (excluding diaryl/α,β-unsaturated/α-hetero) is 1. The molecule has 0 unspecified atom stereocenters. The molecule has 0 amide bonds. The van der Waals surface area contributed by atoms with Gasteiger partial charge in [-0.2, -0.15) is 5.26 Å². The molecular formula is C24H17N3OS. The van der Waals surface area contributed by atoms with Gasteiger partial charge in [-0.25, -0.2) is 4.98 Å². The molecular weight excluding hydrogens is 378 g/mol. The molecule has 3 aromatic carbocycles. The van der Waals surface area contributed by atoms with Gasteiger partial charge in [0.1, 0.15) is 16.6 Å². The third-order valence-corrected chi connectivity index (χ3v) is 5.47. The quantitative estimate of drug-likeness (QED) is 0.325. The number of allylic oxidation sites excluding steroid dienone is 1. The average molecular weight is 395 g/mol. The Morgan fingerprint density at radius 3 is 2.59 bits per heavy atom. The predicted molar refractivity (Wildman–Crippen MR) is 119 cm³/mol. The summed E-state index contributed by atoms with van der Waals surface area (Å²) in [4.78, 5) is 16.1. The van der Waals surface area contributed by atoms with E-state index in [0.29, 0.717) is 16.1 Å².